The van der Waals surface area contributed by atoms with Crippen LogP contribution in [0.5, 0.6) is 0 Å². The molecule has 1 aliphatic heterocycles. The molecule has 0 spiro atoms. The highest BCUT2D eigenvalue weighted by atomic mass is 19.4. The molecule has 2 aromatic heterocycles. The summed E-state index contributed by atoms with van der Waals surface area (Å²) < 4.78 is 84.4. The van der Waals surface area contributed by atoms with Gasteiger partial charge in [0.15, 0.2) is 17.4 Å². The highest BCUT2D eigenvalue weighted by Gasteiger charge is 2.48. The normalized spacial score (nSPS) is 19.4. The van der Waals surface area contributed by atoms with E-state index in [1.165, 1.54) is 17.0 Å². The molecule has 1 aliphatic rings. The Morgan fingerprint density at radius 3 is 2.07 bits per heavy atom. The van der Waals surface area contributed by atoms with E-state index in [0.717, 1.165) is 52.9 Å². The molecule has 3 N–H and O–H groups in total. The second-order valence-electron chi connectivity index (χ2n) is 10.9. The molecule has 3 unspecified atom stereocenters. The van der Waals surface area contributed by atoms with E-state index in [0.29, 0.717) is 0 Å². The smallest absolute Gasteiger partial charge is 0.361 e. The van der Waals surface area contributed by atoms with Gasteiger partial charge in [0.05, 0.1) is 29.8 Å². The van der Waals surface area contributed by atoms with Crippen molar-refractivity contribution in [2.75, 3.05) is 6.54 Å². The summed E-state index contributed by atoms with van der Waals surface area (Å²) in [7, 11) is 0. The van der Waals surface area contributed by atoms with Gasteiger partial charge in [-0.2, -0.15) is 31.6 Å². The number of para-hydroxylation sites is 1. The second kappa shape index (κ2) is 12.1. The van der Waals surface area contributed by atoms with Gasteiger partial charge in [-0.3, -0.25) is 14.5 Å². The minimum atomic E-state index is -4.89. The number of rotatable bonds is 8. The summed E-state index contributed by atoms with van der Waals surface area (Å²) in [4.78, 5) is 32.8. The molecule has 5 aromatic rings. The number of piperazine rings is 1. The largest absolute Gasteiger partial charge is 0.417 e. The number of nitrogens with one attached hydrogen (secondary N) is 3. The third-order valence-corrected chi connectivity index (χ3v) is 8.11. The van der Waals surface area contributed by atoms with Crippen LogP contribution >= 0.6 is 0 Å². The van der Waals surface area contributed by atoms with Crippen LogP contribution in [0.2, 0.25) is 0 Å². The van der Waals surface area contributed by atoms with Crippen molar-refractivity contribution in [1.82, 2.24) is 35.8 Å². The van der Waals surface area contributed by atoms with Crippen LogP contribution in [0.1, 0.15) is 43.2 Å². The number of carbonyl (C=O) groups is 2. The number of H-pyrrole nitrogens is 2. The number of Topliss-reactive ketones (excluding diaryl/α,β-unsaturated/α-hetero) is 2. The van der Waals surface area contributed by atoms with Crippen molar-refractivity contribution in [2.45, 2.75) is 43.4 Å². The Hall–Kier alpha value is -4.89. The number of alkyl halides is 6. The van der Waals surface area contributed by atoms with Gasteiger partial charge in [0.25, 0.3) is 0 Å². The van der Waals surface area contributed by atoms with Gasteiger partial charge in [0.1, 0.15) is 0 Å². The van der Waals surface area contributed by atoms with E-state index in [1.54, 1.807) is 6.20 Å². The van der Waals surface area contributed by atoms with Gasteiger partial charge in [0.2, 0.25) is 0 Å². The summed E-state index contributed by atoms with van der Waals surface area (Å²) >= 11 is 0. The number of carbonyl (C=O) groups excluding carboxylic acids is 2. The first kappa shape index (κ1) is 31.1. The lowest BCUT2D eigenvalue weighted by molar-refractivity contribution is -0.138. The van der Waals surface area contributed by atoms with Gasteiger partial charge in [-0.25, -0.2) is 0 Å². The number of hydrogen-bond donors (Lipinski definition) is 3. The molecule has 0 aliphatic carbocycles. The summed E-state index contributed by atoms with van der Waals surface area (Å²) in [6.45, 7) is -0.599. The van der Waals surface area contributed by atoms with E-state index < -0.39 is 64.3 Å². The number of ketones is 2. The molecule has 3 heterocycles. The third-order valence-electron chi connectivity index (χ3n) is 8.11. The minimum absolute atomic E-state index is 0.0171. The summed E-state index contributed by atoms with van der Waals surface area (Å²) in [5.74, 6) is -1.97. The third kappa shape index (κ3) is 6.02. The maximum Gasteiger partial charge on any atom is 0.417 e. The Bertz CT molecular complexity index is 1870. The Morgan fingerprint density at radius 1 is 0.826 bits per heavy atom. The van der Waals surface area contributed by atoms with Crippen molar-refractivity contribution in [1.29, 1.82) is 0 Å². The van der Waals surface area contributed by atoms with Crippen LogP contribution in [0.15, 0.2) is 79.0 Å². The topological polar surface area (TPSA) is 120 Å². The molecule has 9 nitrogen and oxygen atoms in total. The molecule has 6 rings (SSSR count). The number of hydrogen-bond acceptors (Lipinski definition) is 7. The van der Waals surface area contributed by atoms with Gasteiger partial charge in [-0.1, -0.05) is 59.8 Å². The molecular formula is C31H25F6N7O2. The predicted molar refractivity (Wildman–Crippen MR) is 153 cm³/mol. The first-order valence-electron chi connectivity index (χ1n) is 14.1. The molecule has 0 radical (unpaired) electrons. The van der Waals surface area contributed by atoms with Gasteiger partial charge < -0.3 is 10.3 Å². The summed E-state index contributed by atoms with van der Waals surface area (Å²) in [6, 6.07) is 12.0. The van der Waals surface area contributed by atoms with E-state index >= 15 is 0 Å². The predicted octanol–water partition coefficient (Wildman–Crippen LogP) is 5.24. The van der Waals surface area contributed by atoms with Crippen molar-refractivity contribution in [3.05, 3.63) is 113 Å². The average molecular weight is 642 g/mol. The molecule has 0 amide bonds. The SMILES string of the molecule is O=C(c1ccccc1C(F)(F)F)C1CNC(Cc2c[nH]c3ccccc23)C(C(=O)c2ccccc2C(F)(F)F)N1Cc1nn[nH]n1. The van der Waals surface area contributed by atoms with Crippen LogP contribution in [0.25, 0.3) is 10.9 Å². The molecule has 0 saturated carbocycles. The van der Waals surface area contributed by atoms with Gasteiger partial charge in [-0.05, 0) is 30.2 Å². The first-order valence-corrected chi connectivity index (χ1v) is 14.1. The van der Waals surface area contributed by atoms with Crippen molar-refractivity contribution in [3.63, 3.8) is 0 Å². The molecule has 1 saturated heterocycles. The van der Waals surface area contributed by atoms with Gasteiger partial charge in [0, 0.05) is 40.8 Å². The van der Waals surface area contributed by atoms with E-state index in [2.05, 4.69) is 30.9 Å². The highest BCUT2D eigenvalue weighted by Crippen LogP contribution is 2.36. The summed E-state index contributed by atoms with van der Waals surface area (Å²) in [6.07, 6.45) is -7.92. The van der Waals surface area contributed by atoms with Crippen molar-refractivity contribution in [3.8, 4) is 0 Å². The Balaban J connectivity index is 1.49. The van der Waals surface area contributed by atoms with Crippen LogP contribution in [0.4, 0.5) is 26.3 Å². The van der Waals surface area contributed by atoms with E-state index in [4.69, 9.17) is 0 Å². The molecule has 46 heavy (non-hydrogen) atoms. The van der Waals surface area contributed by atoms with Crippen LogP contribution in [-0.2, 0) is 25.3 Å². The van der Waals surface area contributed by atoms with Gasteiger partial charge >= 0.3 is 12.4 Å². The lowest BCUT2D eigenvalue weighted by atomic mass is 9.85. The van der Waals surface area contributed by atoms with Crippen molar-refractivity contribution >= 4 is 22.5 Å². The van der Waals surface area contributed by atoms with Crippen LogP contribution in [0.3, 0.4) is 0 Å². The van der Waals surface area contributed by atoms with E-state index in [1.807, 2.05) is 24.3 Å². The second-order valence-corrected chi connectivity index (χ2v) is 10.9. The number of benzene rings is 3. The molecule has 1 fully saturated rings. The maximum absolute atomic E-state index is 14.4. The zero-order valence-electron chi connectivity index (χ0n) is 23.7. The monoisotopic (exact) mass is 641 g/mol. The molecule has 3 aromatic carbocycles. The Morgan fingerprint density at radius 2 is 1.43 bits per heavy atom. The Labute approximate surface area is 257 Å². The zero-order chi connectivity index (χ0) is 32.6. The van der Waals surface area contributed by atoms with Crippen molar-refractivity contribution < 1.29 is 35.9 Å². The number of fused-ring (bicyclic) bond motifs is 1. The fourth-order valence-corrected chi connectivity index (χ4v) is 6.07. The Kier molecular flexibility index (Phi) is 8.20. The van der Waals surface area contributed by atoms with Crippen LogP contribution in [0, 0.1) is 0 Å². The lowest BCUT2D eigenvalue weighted by Crippen LogP contribution is -2.67. The fourth-order valence-electron chi connectivity index (χ4n) is 6.07. The average Bonchev–Trinajstić information content (AvgIpc) is 3.70. The lowest BCUT2D eigenvalue weighted by Gasteiger charge is -2.45. The number of halogens is 6. The number of aromatic nitrogens is 5. The number of aromatic amines is 2. The summed E-state index contributed by atoms with van der Waals surface area (Å²) in [5.41, 5.74) is -2.11. The number of tetrazole rings is 1. The quantitative estimate of drug-likeness (QED) is 0.157. The van der Waals surface area contributed by atoms with Crippen molar-refractivity contribution in [2.24, 2.45) is 0 Å². The molecular weight excluding hydrogens is 616 g/mol. The number of nitrogens with zero attached hydrogens (tertiary/aromatic N) is 4. The molecule has 3 atom stereocenters. The molecule has 0 bridgehead atoms. The standard InChI is InChI=1S/C31H25F6N7O2/c32-30(33,34)21-10-4-1-8-19(21)28(45)25-15-39-24(13-17-14-38-23-12-6-3-7-18(17)23)27(44(25)16-26-40-42-43-41-26)29(46)20-9-2-5-11-22(20)31(35,36)37/h1-12,14,24-25,27,38-39H,13,15-16H2,(H,40,41,42,43). The highest BCUT2D eigenvalue weighted by molar-refractivity contribution is 6.05. The van der Waals surface area contributed by atoms with E-state index in [-0.39, 0.29) is 25.3 Å². The summed E-state index contributed by atoms with van der Waals surface area (Å²) in [5, 5.41) is 17.5. The minimum Gasteiger partial charge on any atom is -0.361 e. The van der Waals surface area contributed by atoms with Crippen LogP contribution < -0.4 is 5.32 Å². The maximum atomic E-state index is 14.4. The molecule has 238 valence electrons. The zero-order valence-corrected chi connectivity index (χ0v) is 23.7. The fraction of sp³-hybridized carbons (Fsp3) is 0.258. The first-order chi connectivity index (χ1) is 21.9. The van der Waals surface area contributed by atoms with E-state index in [9.17, 15) is 35.9 Å². The molecule has 15 heteroatoms. The van der Waals surface area contributed by atoms with Crippen LogP contribution in [-0.4, -0.2) is 66.7 Å². The van der Waals surface area contributed by atoms with Gasteiger partial charge in [-0.15, -0.1) is 10.2 Å².